The Morgan fingerprint density at radius 2 is 2.03 bits per heavy atom. The molecule has 2 aliphatic carbocycles. The van der Waals surface area contributed by atoms with Crippen LogP contribution in [0.1, 0.15) is 51.2 Å². The maximum Gasteiger partial charge on any atom is 0.222 e. The van der Waals surface area contributed by atoms with E-state index >= 15 is 0 Å². The third-order valence-corrected chi connectivity index (χ3v) is 8.08. The molecule has 2 saturated carbocycles. The highest BCUT2D eigenvalue weighted by Gasteiger charge is 2.68. The Labute approximate surface area is 179 Å². The summed E-state index contributed by atoms with van der Waals surface area (Å²) in [5.41, 5.74) is 1.17. The molecule has 1 N–H and O–H groups in total. The fraction of sp³-hybridized carbons (Fsp3) is 0.708. The van der Waals surface area contributed by atoms with E-state index in [0.29, 0.717) is 31.5 Å². The normalized spacial score (nSPS) is 33.8. The molecule has 1 aliphatic heterocycles. The van der Waals surface area contributed by atoms with Gasteiger partial charge in [0.15, 0.2) is 11.5 Å². The summed E-state index contributed by atoms with van der Waals surface area (Å²) in [5, 5.41) is 3.42. The van der Waals surface area contributed by atoms with Crippen LogP contribution in [0, 0.1) is 22.7 Å². The minimum atomic E-state index is -0.0525. The molecule has 1 amide bonds. The van der Waals surface area contributed by atoms with E-state index in [1.54, 1.807) is 21.3 Å². The highest BCUT2D eigenvalue weighted by atomic mass is 16.5. The van der Waals surface area contributed by atoms with Gasteiger partial charge in [-0.1, -0.05) is 26.0 Å². The summed E-state index contributed by atoms with van der Waals surface area (Å²) in [4.78, 5) is 12.7. The zero-order valence-electron chi connectivity index (χ0n) is 18.8. The molecule has 1 aromatic rings. The molecule has 1 spiro atoms. The van der Waals surface area contributed by atoms with Crippen molar-refractivity contribution in [3.05, 3.63) is 23.8 Å². The minimum absolute atomic E-state index is 0.0495. The summed E-state index contributed by atoms with van der Waals surface area (Å²) in [6.45, 7) is 5.78. The number of hydrogen-bond donors (Lipinski definition) is 1. The first-order valence-electron chi connectivity index (χ1n) is 11.0. The third-order valence-electron chi connectivity index (χ3n) is 8.08. The monoisotopic (exact) mass is 417 g/mol. The average molecular weight is 418 g/mol. The van der Waals surface area contributed by atoms with Crippen LogP contribution < -0.4 is 14.8 Å². The van der Waals surface area contributed by atoms with Gasteiger partial charge in [0.1, 0.15) is 0 Å². The standard InChI is InChI=1S/C24H35NO5/c1-23(2)15-13-17-20(16-7-6-8-18(28-4)21(16)29-5)30-12-10-24(17,14-15)22(23)25-19(26)9-11-27-3/h6-8,15,17,20,22H,9-14H2,1-5H3,(H,25,26)/t15-,17-,20-,22-,24-/m1/s1. The maximum absolute atomic E-state index is 12.7. The first-order chi connectivity index (χ1) is 14.4. The lowest BCUT2D eigenvalue weighted by molar-refractivity contribution is -0.138. The molecule has 5 atom stereocenters. The van der Waals surface area contributed by atoms with E-state index in [9.17, 15) is 4.79 Å². The van der Waals surface area contributed by atoms with Crippen molar-refractivity contribution in [1.82, 2.24) is 5.32 Å². The molecule has 0 unspecified atom stereocenters. The zero-order valence-corrected chi connectivity index (χ0v) is 18.8. The SMILES string of the molecule is COCCC(=O)N[C@@H]1C(C)(C)[C@@H]2C[C@@H]3[C@@H](c4cccc(OC)c4OC)OCC[C@@]31C2. The molecule has 6 heteroatoms. The quantitative estimate of drug-likeness (QED) is 0.732. The number of carbonyl (C=O) groups is 1. The summed E-state index contributed by atoms with van der Waals surface area (Å²) in [6.07, 6.45) is 3.59. The molecule has 0 radical (unpaired) electrons. The Kier molecular flexibility index (Phi) is 5.75. The first-order valence-corrected chi connectivity index (χ1v) is 11.0. The van der Waals surface area contributed by atoms with Crippen molar-refractivity contribution in [3.8, 4) is 11.5 Å². The van der Waals surface area contributed by atoms with Crippen LogP contribution in [-0.2, 0) is 14.3 Å². The van der Waals surface area contributed by atoms with Crippen LogP contribution in [-0.4, -0.2) is 46.5 Å². The Bertz CT molecular complexity index is 794. The number of rotatable bonds is 7. The number of amides is 1. The fourth-order valence-electron chi connectivity index (χ4n) is 6.66. The second-order valence-electron chi connectivity index (χ2n) is 9.67. The van der Waals surface area contributed by atoms with Crippen molar-refractivity contribution in [1.29, 1.82) is 0 Å². The molecular formula is C24H35NO5. The number of methoxy groups -OCH3 is 3. The predicted octanol–water partition coefficient (Wildman–Crippen LogP) is 3.74. The molecule has 30 heavy (non-hydrogen) atoms. The highest BCUT2D eigenvalue weighted by molar-refractivity contribution is 5.76. The lowest BCUT2D eigenvalue weighted by atomic mass is 9.58. The lowest BCUT2D eigenvalue weighted by Gasteiger charge is -2.53. The van der Waals surface area contributed by atoms with Crippen LogP contribution in [0.3, 0.4) is 0 Å². The van der Waals surface area contributed by atoms with Crippen molar-refractivity contribution < 1.29 is 23.7 Å². The Balaban J connectivity index is 1.67. The molecule has 3 aliphatic rings. The summed E-state index contributed by atoms with van der Waals surface area (Å²) >= 11 is 0. The van der Waals surface area contributed by atoms with Crippen molar-refractivity contribution in [2.45, 2.75) is 51.7 Å². The van der Waals surface area contributed by atoms with Gasteiger partial charge in [0, 0.05) is 31.7 Å². The van der Waals surface area contributed by atoms with Gasteiger partial charge in [0.25, 0.3) is 0 Å². The van der Waals surface area contributed by atoms with Crippen LogP contribution in [0.15, 0.2) is 18.2 Å². The van der Waals surface area contributed by atoms with Crippen molar-refractivity contribution in [3.63, 3.8) is 0 Å². The first kappa shape index (κ1) is 21.4. The number of carbonyl (C=O) groups excluding carboxylic acids is 1. The van der Waals surface area contributed by atoms with Gasteiger partial charge >= 0.3 is 0 Å². The van der Waals surface area contributed by atoms with Crippen LogP contribution in [0.4, 0.5) is 0 Å². The Morgan fingerprint density at radius 3 is 2.73 bits per heavy atom. The van der Waals surface area contributed by atoms with Crippen LogP contribution in [0.2, 0.25) is 0 Å². The van der Waals surface area contributed by atoms with Gasteiger partial charge in [0.2, 0.25) is 5.91 Å². The molecule has 3 fully saturated rings. The van der Waals surface area contributed by atoms with E-state index in [1.807, 2.05) is 12.1 Å². The van der Waals surface area contributed by atoms with Crippen LogP contribution >= 0.6 is 0 Å². The summed E-state index contributed by atoms with van der Waals surface area (Å²) in [6, 6.07) is 6.15. The number of fused-ring (bicyclic) bond motifs is 1. The lowest BCUT2D eigenvalue weighted by Crippen LogP contribution is -2.59. The molecule has 1 aromatic carbocycles. The molecule has 6 nitrogen and oxygen atoms in total. The molecule has 166 valence electrons. The Hall–Kier alpha value is -1.79. The second kappa shape index (κ2) is 8.04. The van der Waals surface area contributed by atoms with E-state index in [-0.39, 0.29) is 28.9 Å². The smallest absolute Gasteiger partial charge is 0.222 e. The largest absolute Gasteiger partial charge is 0.493 e. The van der Waals surface area contributed by atoms with Crippen molar-refractivity contribution in [2.75, 3.05) is 34.5 Å². The molecule has 1 heterocycles. The third kappa shape index (κ3) is 3.19. The number of para-hydroxylation sites is 1. The van der Waals surface area contributed by atoms with E-state index < -0.39 is 0 Å². The summed E-state index contributed by atoms with van der Waals surface area (Å²) < 4.78 is 22.8. The molecule has 0 aromatic heterocycles. The van der Waals surface area contributed by atoms with E-state index in [4.69, 9.17) is 18.9 Å². The fourth-order valence-corrected chi connectivity index (χ4v) is 6.66. The second-order valence-corrected chi connectivity index (χ2v) is 9.67. The van der Waals surface area contributed by atoms with Gasteiger partial charge < -0.3 is 24.3 Å². The number of benzene rings is 1. The van der Waals surface area contributed by atoms with Gasteiger partial charge in [0.05, 0.1) is 26.9 Å². The topological polar surface area (TPSA) is 66.0 Å². The number of nitrogens with one attached hydrogen (secondary N) is 1. The summed E-state index contributed by atoms with van der Waals surface area (Å²) in [5.74, 6) is 2.47. The zero-order chi connectivity index (χ0) is 21.5. The van der Waals surface area contributed by atoms with Gasteiger partial charge in [-0.25, -0.2) is 0 Å². The average Bonchev–Trinajstić information content (AvgIpc) is 3.24. The van der Waals surface area contributed by atoms with Gasteiger partial charge in [-0.3, -0.25) is 4.79 Å². The maximum atomic E-state index is 12.7. The number of ether oxygens (including phenoxy) is 4. The molecular weight excluding hydrogens is 382 g/mol. The van der Waals surface area contributed by atoms with Crippen LogP contribution in [0.5, 0.6) is 11.5 Å². The Morgan fingerprint density at radius 1 is 1.23 bits per heavy atom. The summed E-state index contributed by atoms with van der Waals surface area (Å²) in [7, 11) is 4.98. The molecule has 4 rings (SSSR count). The van der Waals surface area contributed by atoms with Gasteiger partial charge in [-0.05, 0) is 48.0 Å². The molecule has 1 saturated heterocycles. The predicted molar refractivity (Wildman–Crippen MR) is 114 cm³/mol. The molecule has 2 bridgehead atoms. The van der Waals surface area contributed by atoms with Crippen molar-refractivity contribution in [2.24, 2.45) is 22.7 Å². The van der Waals surface area contributed by atoms with Gasteiger partial charge in [-0.2, -0.15) is 0 Å². The number of hydrogen-bond acceptors (Lipinski definition) is 5. The minimum Gasteiger partial charge on any atom is -0.493 e. The highest BCUT2D eigenvalue weighted by Crippen LogP contribution is 2.71. The van der Waals surface area contributed by atoms with E-state index in [1.165, 1.54) is 0 Å². The van der Waals surface area contributed by atoms with Crippen molar-refractivity contribution >= 4 is 5.91 Å². The van der Waals surface area contributed by atoms with Crippen LogP contribution in [0.25, 0.3) is 0 Å². The van der Waals surface area contributed by atoms with Gasteiger partial charge in [-0.15, -0.1) is 0 Å². The van der Waals surface area contributed by atoms with E-state index in [0.717, 1.165) is 36.3 Å². The van der Waals surface area contributed by atoms with E-state index in [2.05, 4.69) is 25.2 Å².